The van der Waals surface area contributed by atoms with Crippen LogP contribution >= 0.6 is 0 Å². The average Bonchev–Trinajstić information content (AvgIpc) is 2.84. The van der Waals surface area contributed by atoms with Gasteiger partial charge in [-0.3, -0.25) is 4.98 Å². The zero-order chi connectivity index (χ0) is 22.8. The normalized spacial score (nSPS) is 13.4. The van der Waals surface area contributed by atoms with Gasteiger partial charge in [-0.05, 0) is 54.4 Å². The van der Waals surface area contributed by atoms with E-state index < -0.39 is 0 Å². The Balaban J connectivity index is 1.46. The van der Waals surface area contributed by atoms with E-state index in [-0.39, 0.29) is 0 Å². The Morgan fingerprint density at radius 2 is 1.94 bits per heavy atom. The number of pyridine rings is 1. The standard InChI is InChI=1S/C26H24N6O/c1-32-10-8-18-13-25(33-2)24(12-21(18)16-32)31-26-29-15-20-4-3-17(11-23(20)30-26)19-5-6-22(7-9-27)28-14-19/h3-6,11-15H,7-8,10,16H2,1-2H3,(H,29,30,31). The number of nitriles is 1. The van der Waals surface area contributed by atoms with E-state index >= 15 is 0 Å². The van der Waals surface area contributed by atoms with Crippen molar-refractivity contribution < 1.29 is 4.74 Å². The number of nitrogens with zero attached hydrogens (tertiary/aromatic N) is 5. The lowest BCUT2D eigenvalue weighted by Gasteiger charge is -2.26. The van der Waals surface area contributed by atoms with Crippen LogP contribution in [0.1, 0.15) is 16.8 Å². The van der Waals surface area contributed by atoms with Gasteiger partial charge in [-0.1, -0.05) is 18.2 Å². The number of rotatable bonds is 5. The molecule has 3 heterocycles. The van der Waals surface area contributed by atoms with Crippen LogP contribution in [0.4, 0.5) is 11.6 Å². The van der Waals surface area contributed by atoms with Crippen LogP contribution < -0.4 is 10.1 Å². The molecule has 0 saturated carbocycles. The molecule has 4 aromatic rings. The Hall–Kier alpha value is -4.02. The molecule has 0 bridgehead atoms. The molecule has 0 fully saturated rings. The van der Waals surface area contributed by atoms with Gasteiger partial charge >= 0.3 is 0 Å². The Kier molecular flexibility index (Phi) is 5.59. The monoisotopic (exact) mass is 436 g/mol. The molecule has 164 valence electrons. The van der Waals surface area contributed by atoms with Gasteiger partial charge < -0.3 is 15.0 Å². The second kappa shape index (κ2) is 8.85. The lowest BCUT2D eigenvalue weighted by atomic mass is 9.99. The fourth-order valence-electron chi connectivity index (χ4n) is 4.16. The second-order valence-electron chi connectivity index (χ2n) is 8.27. The summed E-state index contributed by atoms with van der Waals surface area (Å²) in [7, 11) is 3.82. The maximum Gasteiger partial charge on any atom is 0.227 e. The third-order valence-corrected chi connectivity index (χ3v) is 5.97. The highest BCUT2D eigenvalue weighted by molar-refractivity contribution is 5.84. The van der Waals surface area contributed by atoms with Gasteiger partial charge in [0.25, 0.3) is 0 Å². The molecule has 2 aromatic heterocycles. The predicted octanol–water partition coefficient (Wildman–Crippen LogP) is 4.50. The molecule has 0 radical (unpaired) electrons. The lowest BCUT2D eigenvalue weighted by molar-refractivity contribution is 0.312. The topological polar surface area (TPSA) is 87.0 Å². The summed E-state index contributed by atoms with van der Waals surface area (Å²) in [4.78, 5) is 15.9. The molecule has 0 atom stereocenters. The average molecular weight is 437 g/mol. The van der Waals surface area contributed by atoms with Gasteiger partial charge in [0.2, 0.25) is 5.95 Å². The Morgan fingerprint density at radius 1 is 1.06 bits per heavy atom. The minimum atomic E-state index is 0.308. The number of nitrogens with one attached hydrogen (secondary N) is 1. The number of hydrogen-bond acceptors (Lipinski definition) is 7. The molecular formula is C26H24N6O. The van der Waals surface area contributed by atoms with E-state index in [1.807, 2.05) is 36.5 Å². The first-order chi connectivity index (χ1) is 16.1. The second-order valence-corrected chi connectivity index (χ2v) is 8.27. The highest BCUT2D eigenvalue weighted by atomic mass is 16.5. The van der Waals surface area contributed by atoms with Crippen molar-refractivity contribution in [2.75, 3.05) is 26.0 Å². The van der Waals surface area contributed by atoms with Gasteiger partial charge in [0.05, 0.1) is 36.5 Å². The van der Waals surface area contributed by atoms with E-state index in [4.69, 9.17) is 15.0 Å². The SMILES string of the molecule is COc1cc2c(cc1Nc1ncc3ccc(-c4ccc(CC#N)nc4)cc3n1)CN(C)CC2. The largest absolute Gasteiger partial charge is 0.495 e. The Bertz CT molecular complexity index is 1360. The van der Waals surface area contributed by atoms with Gasteiger partial charge in [-0.25, -0.2) is 9.97 Å². The van der Waals surface area contributed by atoms with E-state index in [1.54, 1.807) is 13.3 Å². The Labute approximate surface area is 192 Å². The first kappa shape index (κ1) is 20.9. The third-order valence-electron chi connectivity index (χ3n) is 5.97. The summed E-state index contributed by atoms with van der Waals surface area (Å²) in [5.74, 6) is 1.31. The minimum Gasteiger partial charge on any atom is -0.495 e. The smallest absolute Gasteiger partial charge is 0.227 e. The summed E-state index contributed by atoms with van der Waals surface area (Å²) in [5, 5.41) is 13.1. The van der Waals surface area contributed by atoms with Crippen LogP contribution in [0.15, 0.2) is 54.9 Å². The summed E-state index contributed by atoms with van der Waals surface area (Å²) in [6.45, 7) is 1.97. The van der Waals surface area contributed by atoms with Gasteiger partial charge in [0, 0.05) is 36.4 Å². The minimum absolute atomic E-state index is 0.308. The Morgan fingerprint density at radius 3 is 2.73 bits per heavy atom. The first-order valence-corrected chi connectivity index (χ1v) is 10.9. The van der Waals surface area contributed by atoms with Crippen molar-refractivity contribution >= 4 is 22.5 Å². The van der Waals surface area contributed by atoms with Gasteiger partial charge in [0.15, 0.2) is 0 Å². The van der Waals surface area contributed by atoms with E-state index in [0.29, 0.717) is 12.4 Å². The molecule has 5 rings (SSSR count). The molecular weight excluding hydrogens is 412 g/mol. The summed E-state index contributed by atoms with van der Waals surface area (Å²) in [6, 6.07) is 16.3. The van der Waals surface area contributed by atoms with Crippen LogP contribution in [-0.2, 0) is 19.4 Å². The highest BCUT2D eigenvalue weighted by Gasteiger charge is 2.17. The van der Waals surface area contributed by atoms with Crippen LogP contribution in [0.2, 0.25) is 0 Å². The van der Waals surface area contributed by atoms with Crippen molar-refractivity contribution in [3.05, 3.63) is 71.7 Å². The van der Waals surface area contributed by atoms with E-state index in [9.17, 15) is 0 Å². The molecule has 0 spiro atoms. The third kappa shape index (κ3) is 4.34. The zero-order valence-electron chi connectivity index (χ0n) is 18.7. The van der Waals surface area contributed by atoms with Crippen LogP contribution in [0.3, 0.4) is 0 Å². The summed E-state index contributed by atoms with van der Waals surface area (Å²) >= 11 is 0. The van der Waals surface area contributed by atoms with E-state index in [0.717, 1.165) is 58.7 Å². The highest BCUT2D eigenvalue weighted by Crippen LogP contribution is 2.33. The molecule has 1 aliphatic heterocycles. The summed E-state index contributed by atoms with van der Waals surface area (Å²) in [6.07, 6.45) is 4.94. The van der Waals surface area contributed by atoms with Crippen LogP contribution in [0.5, 0.6) is 5.75 Å². The number of hydrogen-bond donors (Lipinski definition) is 1. The number of ether oxygens (including phenoxy) is 1. The fraction of sp³-hybridized carbons (Fsp3) is 0.231. The number of methoxy groups -OCH3 is 1. The number of anilines is 2. The molecule has 0 amide bonds. The number of benzene rings is 2. The van der Waals surface area contributed by atoms with Gasteiger partial charge in [0.1, 0.15) is 5.75 Å². The molecule has 1 N–H and O–H groups in total. The number of likely N-dealkylation sites (N-methyl/N-ethyl adjacent to an activating group) is 1. The molecule has 0 unspecified atom stereocenters. The molecule has 1 aliphatic rings. The quantitative estimate of drug-likeness (QED) is 0.493. The van der Waals surface area contributed by atoms with Gasteiger partial charge in [-0.15, -0.1) is 0 Å². The molecule has 7 heteroatoms. The van der Waals surface area contributed by atoms with Crippen molar-refractivity contribution in [1.82, 2.24) is 19.9 Å². The van der Waals surface area contributed by atoms with Crippen LogP contribution in [-0.4, -0.2) is 40.6 Å². The van der Waals surface area contributed by atoms with Crippen molar-refractivity contribution in [2.45, 2.75) is 19.4 Å². The number of aromatic nitrogens is 3. The lowest BCUT2D eigenvalue weighted by Crippen LogP contribution is -2.26. The molecule has 33 heavy (non-hydrogen) atoms. The van der Waals surface area contributed by atoms with Crippen molar-refractivity contribution in [2.24, 2.45) is 0 Å². The summed E-state index contributed by atoms with van der Waals surface area (Å²) in [5.41, 5.74) is 7.07. The van der Waals surface area contributed by atoms with Crippen LogP contribution in [0, 0.1) is 11.3 Å². The fourth-order valence-corrected chi connectivity index (χ4v) is 4.16. The molecule has 0 aliphatic carbocycles. The van der Waals surface area contributed by atoms with Gasteiger partial charge in [-0.2, -0.15) is 5.26 Å². The summed E-state index contributed by atoms with van der Waals surface area (Å²) < 4.78 is 5.64. The maximum atomic E-state index is 8.84. The zero-order valence-corrected chi connectivity index (χ0v) is 18.7. The van der Waals surface area contributed by atoms with E-state index in [2.05, 4.69) is 45.4 Å². The molecule has 0 saturated heterocycles. The van der Waals surface area contributed by atoms with E-state index in [1.165, 1.54) is 11.1 Å². The van der Waals surface area contributed by atoms with Crippen molar-refractivity contribution in [3.8, 4) is 22.9 Å². The first-order valence-electron chi connectivity index (χ1n) is 10.9. The molecule has 7 nitrogen and oxygen atoms in total. The van der Waals surface area contributed by atoms with Crippen molar-refractivity contribution in [3.63, 3.8) is 0 Å². The predicted molar refractivity (Wildman–Crippen MR) is 128 cm³/mol. The van der Waals surface area contributed by atoms with Crippen LogP contribution in [0.25, 0.3) is 22.0 Å². The van der Waals surface area contributed by atoms with Crippen molar-refractivity contribution in [1.29, 1.82) is 5.26 Å². The maximum absolute atomic E-state index is 8.84. The molecule has 2 aromatic carbocycles. The number of fused-ring (bicyclic) bond motifs is 2.